The number of hydrogen-bond acceptors (Lipinski definition) is 3. The molecule has 3 nitrogen and oxygen atoms in total. The average Bonchev–Trinajstić information content (AvgIpc) is 2.87. The second-order valence-electron chi connectivity index (χ2n) is 5.89. The predicted octanol–water partition coefficient (Wildman–Crippen LogP) is 2.98. The van der Waals surface area contributed by atoms with Gasteiger partial charge in [0, 0.05) is 36.8 Å². The summed E-state index contributed by atoms with van der Waals surface area (Å²) in [6.07, 6.45) is 6.31. The first-order chi connectivity index (χ1) is 9.74. The molecule has 2 aliphatic rings. The van der Waals surface area contributed by atoms with Gasteiger partial charge in [-0.1, -0.05) is 19.3 Å². The third-order valence-electron chi connectivity index (χ3n) is 4.81. The molecule has 110 valence electrons. The van der Waals surface area contributed by atoms with Gasteiger partial charge in [-0.2, -0.15) is 0 Å². The van der Waals surface area contributed by atoms with Gasteiger partial charge >= 0.3 is 0 Å². The van der Waals surface area contributed by atoms with Gasteiger partial charge < -0.3 is 10.5 Å². The van der Waals surface area contributed by atoms with Crippen LogP contribution in [0.25, 0.3) is 0 Å². The van der Waals surface area contributed by atoms with Crippen LogP contribution in [0.5, 0.6) is 5.75 Å². The SMILES string of the molecule is COc1cc(F)c2c(c1)C(CN)N(C1CCCCC1)C2. The molecule has 3 rings (SSSR count). The van der Waals surface area contributed by atoms with Crippen LogP contribution in [0.4, 0.5) is 4.39 Å². The highest BCUT2D eigenvalue weighted by molar-refractivity contribution is 5.42. The Bertz CT molecular complexity index is 486. The summed E-state index contributed by atoms with van der Waals surface area (Å²) in [5.41, 5.74) is 7.82. The molecule has 1 heterocycles. The van der Waals surface area contributed by atoms with Crippen molar-refractivity contribution in [1.82, 2.24) is 4.90 Å². The van der Waals surface area contributed by atoms with E-state index in [0.717, 1.165) is 11.1 Å². The van der Waals surface area contributed by atoms with E-state index < -0.39 is 0 Å². The van der Waals surface area contributed by atoms with Crippen LogP contribution in [-0.4, -0.2) is 24.6 Å². The van der Waals surface area contributed by atoms with Crippen molar-refractivity contribution in [2.45, 2.75) is 50.7 Å². The molecule has 1 aromatic rings. The zero-order valence-electron chi connectivity index (χ0n) is 12.1. The summed E-state index contributed by atoms with van der Waals surface area (Å²) in [6.45, 7) is 1.23. The highest BCUT2D eigenvalue weighted by Crippen LogP contribution is 2.40. The fourth-order valence-electron chi connectivity index (χ4n) is 3.74. The summed E-state index contributed by atoms with van der Waals surface area (Å²) in [5, 5.41) is 0. The van der Waals surface area contributed by atoms with Crippen LogP contribution in [0.3, 0.4) is 0 Å². The largest absolute Gasteiger partial charge is 0.497 e. The Morgan fingerprint density at radius 3 is 2.70 bits per heavy atom. The molecule has 1 unspecified atom stereocenters. The van der Waals surface area contributed by atoms with Gasteiger partial charge in [-0.15, -0.1) is 0 Å². The quantitative estimate of drug-likeness (QED) is 0.923. The standard InChI is InChI=1S/C16H23FN2O/c1-20-12-7-13-14(15(17)8-12)10-19(16(13)9-18)11-5-3-2-4-6-11/h7-8,11,16H,2-6,9-10,18H2,1H3. The number of rotatable bonds is 3. The van der Waals surface area contributed by atoms with Gasteiger partial charge in [0.2, 0.25) is 0 Å². The van der Waals surface area contributed by atoms with Gasteiger partial charge in [-0.25, -0.2) is 4.39 Å². The minimum absolute atomic E-state index is 0.137. The number of halogens is 1. The number of fused-ring (bicyclic) bond motifs is 1. The number of benzene rings is 1. The smallest absolute Gasteiger partial charge is 0.131 e. The summed E-state index contributed by atoms with van der Waals surface area (Å²) in [5.74, 6) is 0.432. The Morgan fingerprint density at radius 1 is 1.30 bits per heavy atom. The lowest BCUT2D eigenvalue weighted by molar-refractivity contribution is 0.116. The third kappa shape index (κ3) is 2.31. The number of hydrogen-bond donors (Lipinski definition) is 1. The predicted molar refractivity (Wildman–Crippen MR) is 77.2 cm³/mol. The lowest BCUT2D eigenvalue weighted by Crippen LogP contribution is -2.38. The molecule has 20 heavy (non-hydrogen) atoms. The van der Waals surface area contributed by atoms with Crippen molar-refractivity contribution in [1.29, 1.82) is 0 Å². The fourth-order valence-corrected chi connectivity index (χ4v) is 3.74. The Labute approximate surface area is 119 Å². The number of methoxy groups -OCH3 is 1. The monoisotopic (exact) mass is 278 g/mol. The lowest BCUT2D eigenvalue weighted by atomic mass is 9.93. The summed E-state index contributed by atoms with van der Waals surface area (Å²) in [6, 6.07) is 4.13. The van der Waals surface area contributed by atoms with E-state index >= 15 is 0 Å². The van der Waals surface area contributed by atoms with Crippen molar-refractivity contribution in [2.75, 3.05) is 13.7 Å². The summed E-state index contributed by atoms with van der Waals surface area (Å²) < 4.78 is 19.4. The Kier molecular flexibility index (Phi) is 3.94. The van der Waals surface area contributed by atoms with Crippen molar-refractivity contribution in [3.8, 4) is 5.75 Å². The van der Waals surface area contributed by atoms with E-state index in [9.17, 15) is 4.39 Å². The Hall–Kier alpha value is -1.13. The molecule has 2 N–H and O–H groups in total. The molecule has 1 fully saturated rings. The van der Waals surface area contributed by atoms with Crippen molar-refractivity contribution in [3.63, 3.8) is 0 Å². The molecule has 4 heteroatoms. The number of ether oxygens (including phenoxy) is 1. The van der Waals surface area contributed by atoms with Crippen molar-refractivity contribution >= 4 is 0 Å². The van der Waals surface area contributed by atoms with E-state index in [2.05, 4.69) is 4.90 Å². The Morgan fingerprint density at radius 2 is 2.05 bits per heavy atom. The van der Waals surface area contributed by atoms with Crippen molar-refractivity contribution in [3.05, 3.63) is 29.1 Å². The number of nitrogens with two attached hydrogens (primary N) is 1. The van der Waals surface area contributed by atoms with Crippen LogP contribution < -0.4 is 10.5 Å². The van der Waals surface area contributed by atoms with Crippen LogP contribution in [0.2, 0.25) is 0 Å². The summed E-state index contributed by atoms with van der Waals surface area (Å²) in [4.78, 5) is 2.41. The van der Waals surface area contributed by atoms with Crippen LogP contribution in [0.1, 0.15) is 49.3 Å². The molecule has 1 saturated carbocycles. The molecule has 0 saturated heterocycles. The van der Waals surface area contributed by atoms with E-state index in [1.807, 2.05) is 6.07 Å². The first-order valence-electron chi connectivity index (χ1n) is 7.56. The highest BCUT2D eigenvalue weighted by Gasteiger charge is 2.36. The molecule has 0 bridgehead atoms. The molecule has 1 atom stereocenters. The molecule has 1 aliphatic carbocycles. The maximum absolute atomic E-state index is 14.2. The molecule has 0 radical (unpaired) electrons. The maximum Gasteiger partial charge on any atom is 0.131 e. The minimum Gasteiger partial charge on any atom is -0.497 e. The minimum atomic E-state index is -0.156. The van der Waals surface area contributed by atoms with E-state index in [1.165, 1.54) is 38.2 Å². The fraction of sp³-hybridized carbons (Fsp3) is 0.625. The molecule has 0 aromatic heterocycles. The van der Waals surface area contributed by atoms with Gasteiger partial charge in [0.25, 0.3) is 0 Å². The third-order valence-corrected chi connectivity index (χ3v) is 4.81. The van der Waals surface area contributed by atoms with Crippen LogP contribution >= 0.6 is 0 Å². The van der Waals surface area contributed by atoms with Gasteiger partial charge in [0.15, 0.2) is 0 Å². The van der Waals surface area contributed by atoms with Crippen molar-refractivity contribution in [2.24, 2.45) is 5.73 Å². The van der Waals surface area contributed by atoms with Gasteiger partial charge in [0.1, 0.15) is 11.6 Å². The first-order valence-corrected chi connectivity index (χ1v) is 7.56. The van der Waals surface area contributed by atoms with Crippen molar-refractivity contribution < 1.29 is 9.13 Å². The zero-order valence-corrected chi connectivity index (χ0v) is 12.1. The molecule has 1 aliphatic heterocycles. The van der Waals surface area contributed by atoms with E-state index in [1.54, 1.807) is 7.11 Å². The first kappa shape index (κ1) is 13.8. The molecule has 0 spiro atoms. The Balaban J connectivity index is 1.91. The van der Waals surface area contributed by atoms with Gasteiger partial charge in [0.05, 0.1) is 7.11 Å². The highest BCUT2D eigenvalue weighted by atomic mass is 19.1. The molecular weight excluding hydrogens is 255 g/mol. The van der Waals surface area contributed by atoms with E-state index in [-0.39, 0.29) is 11.9 Å². The van der Waals surface area contributed by atoms with Crippen LogP contribution in [0.15, 0.2) is 12.1 Å². The van der Waals surface area contributed by atoms with E-state index in [4.69, 9.17) is 10.5 Å². The molecule has 0 amide bonds. The lowest BCUT2D eigenvalue weighted by Gasteiger charge is -2.35. The molecular formula is C16H23FN2O. The van der Waals surface area contributed by atoms with Crippen LogP contribution in [0, 0.1) is 5.82 Å². The topological polar surface area (TPSA) is 38.5 Å². The van der Waals surface area contributed by atoms with Gasteiger partial charge in [-0.3, -0.25) is 4.90 Å². The number of nitrogens with zero attached hydrogens (tertiary/aromatic N) is 1. The second-order valence-corrected chi connectivity index (χ2v) is 5.89. The van der Waals surface area contributed by atoms with Gasteiger partial charge in [-0.05, 0) is 24.5 Å². The summed E-state index contributed by atoms with van der Waals surface area (Å²) in [7, 11) is 1.58. The summed E-state index contributed by atoms with van der Waals surface area (Å²) >= 11 is 0. The molecule has 1 aromatic carbocycles. The zero-order chi connectivity index (χ0) is 14.1. The van der Waals surface area contributed by atoms with E-state index in [0.29, 0.717) is 24.9 Å². The average molecular weight is 278 g/mol. The normalized spacial score (nSPS) is 23.9. The second kappa shape index (κ2) is 5.70. The maximum atomic E-state index is 14.2. The van der Waals surface area contributed by atoms with Crippen LogP contribution in [-0.2, 0) is 6.54 Å².